The standard InChI is InChI=1S/C23H25BrN6O2S/c1-13-5-6-19-15(8-13)9-16(10-26-19)18-11-27-30-22(25)20(24)21(29-23(18)30)14(2)28-17-4-3-7-33(31,32)12-17/h5-6,8-11,14,17,28H,3-4,7,12,25H2,1-2H3. The van der Waals surface area contributed by atoms with Gasteiger partial charge in [-0.3, -0.25) is 4.98 Å². The first kappa shape index (κ1) is 22.2. The number of hydrogen-bond acceptors (Lipinski definition) is 7. The Labute approximate surface area is 200 Å². The van der Waals surface area contributed by atoms with Crippen molar-refractivity contribution in [3.8, 4) is 11.1 Å². The van der Waals surface area contributed by atoms with E-state index in [9.17, 15) is 8.42 Å². The van der Waals surface area contributed by atoms with Gasteiger partial charge in [-0.15, -0.1) is 0 Å². The molecule has 1 aliphatic heterocycles. The van der Waals surface area contributed by atoms with Gasteiger partial charge in [0.15, 0.2) is 15.5 Å². The summed E-state index contributed by atoms with van der Waals surface area (Å²) in [4.78, 5) is 9.50. The minimum atomic E-state index is -3.01. The Morgan fingerprint density at radius 2 is 2.09 bits per heavy atom. The fraction of sp³-hybridized carbons (Fsp3) is 0.348. The third kappa shape index (κ3) is 4.22. The van der Waals surface area contributed by atoms with Crippen LogP contribution in [0.25, 0.3) is 27.7 Å². The van der Waals surface area contributed by atoms with Gasteiger partial charge in [-0.1, -0.05) is 11.6 Å². The first-order chi connectivity index (χ1) is 15.7. The number of anilines is 1. The topological polar surface area (TPSA) is 115 Å². The zero-order valence-corrected chi connectivity index (χ0v) is 20.8. The second kappa shape index (κ2) is 8.34. The predicted octanol–water partition coefficient (Wildman–Crippen LogP) is 3.83. The molecule has 0 spiro atoms. The lowest BCUT2D eigenvalue weighted by Crippen LogP contribution is -2.41. The maximum Gasteiger partial charge on any atom is 0.165 e. The SMILES string of the molecule is Cc1ccc2ncc(-c3cnn4c(N)c(Br)c(C(C)NC5CCCS(=O)(=O)C5)nc34)cc2c1. The van der Waals surface area contributed by atoms with Crippen molar-refractivity contribution in [2.24, 2.45) is 0 Å². The summed E-state index contributed by atoms with van der Waals surface area (Å²) < 4.78 is 26.4. The summed E-state index contributed by atoms with van der Waals surface area (Å²) in [6.45, 7) is 4.03. The highest BCUT2D eigenvalue weighted by Crippen LogP contribution is 2.33. The summed E-state index contributed by atoms with van der Waals surface area (Å²) in [7, 11) is -3.01. The maximum atomic E-state index is 12.1. The van der Waals surface area contributed by atoms with E-state index in [1.165, 1.54) is 5.56 Å². The predicted molar refractivity (Wildman–Crippen MR) is 134 cm³/mol. The fourth-order valence-electron chi connectivity index (χ4n) is 4.49. The summed E-state index contributed by atoms with van der Waals surface area (Å²) in [5, 5.41) is 8.94. The van der Waals surface area contributed by atoms with E-state index < -0.39 is 9.84 Å². The summed E-state index contributed by atoms with van der Waals surface area (Å²) in [6, 6.07) is 7.93. The summed E-state index contributed by atoms with van der Waals surface area (Å²) in [5.74, 6) is 0.849. The Kier molecular flexibility index (Phi) is 5.62. The molecule has 33 heavy (non-hydrogen) atoms. The average Bonchev–Trinajstić information content (AvgIpc) is 3.19. The van der Waals surface area contributed by atoms with Crippen molar-refractivity contribution in [3.05, 3.63) is 52.4 Å². The number of nitrogen functional groups attached to an aromatic ring is 1. The van der Waals surface area contributed by atoms with Crippen molar-refractivity contribution in [1.82, 2.24) is 24.9 Å². The number of nitrogens with zero attached hydrogens (tertiary/aromatic N) is 4. The molecule has 1 aromatic carbocycles. The van der Waals surface area contributed by atoms with Crippen molar-refractivity contribution < 1.29 is 8.42 Å². The smallest absolute Gasteiger partial charge is 0.165 e. The number of sulfone groups is 1. The van der Waals surface area contributed by atoms with Crippen molar-refractivity contribution >= 4 is 48.1 Å². The number of rotatable bonds is 4. The monoisotopic (exact) mass is 528 g/mol. The first-order valence-electron chi connectivity index (χ1n) is 10.9. The normalized spacial score (nSPS) is 19.2. The quantitative estimate of drug-likeness (QED) is 0.413. The third-order valence-electron chi connectivity index (χ3n) is 6.15. The molecule has 1 saturated heterocycles. The number of nitrogens with two attached hydrogens (primary N) is 1. The number of fused-ring (bicyclic) bond motifs is 2. The van der Waals surface area contributed by atoms with Crippen LogP contribution in [-0.2, 0) is 9.84 Å². The van der Waals surface area contributed by atoms with E-state index in [1.807, 2.05) is 25.3 Å². The molecule has 4 aromatic rings. The highest BCUT2D eigenvalue weighted by molar-refractivity contribution is 9.10. The number of hydrogen-bond donors (Lipinski definition) is 2. The Morgan fingerprint density at radius 3 is 2.88 bits per heavy atom. The molecule has 0 radical (unpaired) electrons. The van der Waals surface area contributed by atoms with Gasteiger partial charge in [0.1, 0.15) is 5.82 Å². The average molecular weight is 529 g/mol. The molecule has 1 fully saturated rings. The van der Waals surface area contributed by atoms with Gasteiger partial charge in [0.2, 0.25) is 0 Å². The number of pyridine rings is 1. The molecule has 2 atom stereocenters. The lowest BCUT2D eigenvalue weighted by molar-refractivity contribution is 0.432. The molecule has 3 aromatic heterocycles. The van der Waals surface area contributed by atoms with E-state index in [1.54, 1.807) is 10.7 Å². The van der Waals surface area contributed by atoms with Crippen molar-refractivity contribution in [3.63, 3.8) is 0 Å². The van der Waals surface area contributed by atoms with E-state index in [2.05, 4.69) is 50.4 Å². The van der Waals surface area contributed by atoms with Crippen molar-refractivity contribution in [1.29, 1.82) is 0 Å². The molecule has 0 amide bonds. The number of aryl methyl sites for hydroxylation is 1. The van der Waals surface area contributed by atoms with Gasteiger partial charge >= 0.3 is 0 Å². The molecule has 0 aliphatic carbocycles. The van der Waals surface area contributed by atoms with Crippen molar-refractivity contribution in [2.75, 3.05) is 17.2 Å². The van der Waals surface area contributed by atoms with E-state index in [0.717, 1.165) is 28.5 Å². The van der Waals surface area contributed by atoms with Gasteiger partial charge < -0.3 is 11.1 Å². The van der Waals surface area contributed by atoms with Crippen LogP contribution < -0.4 is 11.1 Å². The summed E-state index contributed by atoms with van der Waals surface area (Å²) >= 11 is 3.58. The lowest BCUT2D eigenvalue weighted by Gasteiger charge is -2.27. The highest BCUT2D eigenvalue weighted by Gasteiger charge is 2.27. The Hall–Kier alpha value is -2.56. The van der Waals surface area contributed by atoms with Crippen molar-refractivity contribution in [2.45, 2.75) is 38.8 Å². The van der Waals surface area contributed by atoms with E-state index >= 15 is 0 Å². The van der Waals surface area contributed by atoms with Crippen LogP contribution in [0.3, 0.4) is 0 Å². The Balaban J connectivity index is 1.55. The van der Waals surface area contributed by atoms with Gasteiger partial charge in [-0.2, -0.15) is 9.61 Å². The number of aromatic nitrogens is 4. The second-order valence-electron chi connectivity index (χ2n) is 8.75. The van der Waals surface area contributed by atoms with Crippen LogP contribution in [0.5, 0.6) is 0 Å². The minimum Gasteiger partial charge on any atom is -0.383 e. The zero-order chi connectivity index (χ0) is 23.3. The molecule has 172 valence electrons. The lowest BCUT2D eigenvalue weighted by atomic mass is 10.1. The molecule has 10 heteroatoms. The molecule has 4 heterocycles. The number of halogens is 1. The third-order valence-corrected chi connectivity index (χ3v) is 8.79. The van der Waals surface area contributed by atoms with Gasteiger partial charge in [0, 0.05) is 34.8 Å². The van der Waals surface area contributed by atoms with Crippen LogP contribution >= 0.6 is 15.9 Å². The largest absolute Gasteiger partial charge is 0.383 e. The summed E-state index contributed by atoms with van der Waals surface area (Å²) in [5.41, 5.74) is 11.6. The van der Waals surface area contributed by atoms with Crippen LogP contribution in [-0.4, -0.2) is 45.5 Å². The minimum absolute atomic E-state index is 0.109. The highest BCUT2D eigenvalue weighted by atomic mass is 79.9. The maximum absolute atomic E-state index is 12.1. The molecular formula is C23H25BrN6O2S. The number of nitrogens with one attached hydrogen (secondary N) is 1. The van der Waals surface area contributed by atoms with Crippen LogP contribution in [0.2, 0.25) is 0 Å². The van der Waals surface area contributed by atoms with Crippen LogP contribution in [0.4, 0.5) is 5.82 Å². The number of benzene rings is 1. The van der Waals surface area contributed by atoms with Gasteiger partial charge in [-0.05, 0) is 60.8 Å². The molecule has 5 rings (SSSR count). The fourth-order valence-corrected chi connectivity index (χ4v) is 6.74. The van der Waals surface area contributed by atoms with Gasteiger partial charge in [-0.25, -0.2) is 13.4 Å². The van der Waals surface area contributed by atoms with Crippen LogP contribution in [0.1, 0.15) is 37.1 Å². The van der Waals surface area contributed by atoms with Gasteiger partial charge in [0.25, 0.3) is 0 Å². The molecule has 3 N–H and O–H groups in total. The van der Waals surface area contributed by atoms with Gasteiger partial charge in [0.05, 0.1) is 33.4 Å². The molecule has 0 saturated carbocycles. The molecule has 0 bridgehead atoms. The van der Waals surface area contributed by atoms with Crippen LogP contribution in [0.15, 0.2) is 41.1 Å². The molecule has 8 nitrogen and oxygen atoms in total. The zero-order valence-electron chi connectivity index (χ0n) is 18.4. The van der Waals surface area contributed by atoms with Crippen LogP contribution in [0, 0.1) is 6.92 Å². The van der Waals surface area contributed by atoms with E-state index in [4.69, 9.17) is 10.7 Å². The second-order valence-corrected chi connectivity index (χ2v) is 11.8. The molecular weight excluding hydrogens is 504 g/mol. The van der Waals surface area contributed by atoms with E-state index in [-0.39, 0.29) is 23.6 Å². The first-order valence-corrected chi connectivity index (χ1v) is 13.5. The molecule has 1 aliphatic rings. The Bertz CT molecular complexity index is 1480. The van der Waals surface area contributed by atoms with E-state index in [0.29, 0.717) is 28.1 Å². The summed E-state index contributed by atoms with van der Waals surface area (Å²) in [6.07, 6.45) is 5.06. The Morgan fingerprint density at radius 1 is 1.27 bits per heavy atom. The molecule has 2 unspecified atom stereocenters.